The van der Waals surface area contributed by atoms with Crippen molar-refractivity contribution in [3.05, 3.63) is 53.6 Å². The lowest BCUT2D eigenvalue weighted by Crippen LogP contribution is -2.13. The number of nitrogens with one attached hydrogen (secondary N) is 1. The Morgan fingerprint density at radius 3 is 2.81 bits per heavy atom. The van der Waals surface area contributed by atoms with E-state index in [2.05, 4.69) is 20.1 Å². The summed E-state index contributed by atoms with van der Waals surface area (Å²) in [6.07, 6.45) is 4.19. The lowest BCUT2D eigenvalue weighted by Gasteiger charge is -2.12. The molecule has 4 rings (SSSR count). The number of benzene rings is 2. The van der Waals surface area contributed by atoms with Gasteiger partial charge in [0.15, 0.2) is 17.3 Å². The van der Waals surface area contributed by atoms with E-state index in [1.165, 1.54) is 13.2 Å². The van der Waals surface area contributed by atoms with Gasteiger partial charge in [-0.3, -0.25) is 4.79 Å². The number of carbonyl (C=O) groups excluding carboxylic acids is 1. The van der Waals surface area contributed by atoms with Gasteiger partial charge in [-0.2, -0.15) is 0 Å². The predicted octanol–water partition coefficient (Wildman–Crippen LogP) is 4.47. The minimum atomic E-state index is -0.522. The molecule has 1 aromatic heterocycles. The molecule has 7 nitrogen and oxygen atoms in total. The van der Waals surface area contributed by atoms with Crippen molar-refractivity contribution in [2.75, 3.05) is 19.0 Å². The highest BCUT2D eigenvalue weighted by Crippen LogP contribution is 2.30. The molecule has 2 aromatic carbocycles. The molecule has 0 atom stereocenters. The first kappa shape index (κ1) is 20.8. The highest BCUT2D eigenvalue weighted by Gasteiger charge is 2.18. The number of rotatable bonds is 6. The van der Waals surface area contributed by atoms with Crippen molar-refractivity contribution in [3.8, 4) is 22.9 Å². The Morgan fingerprint density at radius 2 is 2.00 bits per heavy atom. The normalized spacial score (nSPS) is 13.3. The van der Waals surface area contributed by atoms with E-state index in [-0.39, 0.29) is 5.69 Å². The first-order chi connectivity index (χ1) is 15.1. The summed E-state index contributed by atoms with van der Waals surface area (Å²) in [6, 6.07) is 9.44. The van der Waals surface area contributed by atoms with E-state index in [9.17, 15) is 9.18 Å². The molecule has 162 valence electrons. The van der Waals surface area contributed by atoms with Gasteiger partial charge in [0.2, 0.25) is 0 Å². The highest BCUT2D eigenvalue weighted by atomic mass is 19.1. The van der Waals surface area contributed by atoms with Gasteiger partial charge < -0.3 is 19.4 Å². The van der Waals surface area contributed by atoms with Crippen LogP contribution in [0.3, 0.4) is 0 Å². The Hall–Kier alpha value is -3.42. The van der Waals surface area contributed by atoms with Gasteiger partial charge in [-0.25, -0.2) is 4.39 Å². The fourth-order valence-electron chi connectivity index (χ4n) is 3.74. The summed E-state index contributed by atoms with van der Waals surface area (Å²) in [7, 11) is 1.53. The molecule has 1 aliphatic rings. The van der Waals surface area contributed by atoms with E-state index in [4.69, 9.17) is 9.47 Å². The molecule has 0 bridgehead atoms. The summed E-state index contributed by atoms with van der Waals surface area (Å²) >= 11 is 0. The summed E-state index contributed by atoms with van der Waals surface area (Å²) in [4.78, 5) is 12.8. The molecule has 0 radical (unpaired) electrons. The maximum absolute atomic E-state index is 14.5. The van der Waals surface area contributed by atoms with E-state index in [1.54, 1.807) is 30.3 Å². The number of hydrogen-bond acceptors (Lipinski definition) is 5. The molecule has 1 amide bonds. The molecular weight excluding hydrogens is 399 g/mol. The lowest BCUT2D eigenvalue weighted by atomic mass is 10.1. The SMILES string of the molecule is CCOc1cc(C(=O)Nc2cc(-c3nnc4n3CCCCC4)ccc2F)ccc1OC. The average Bonchev–Trinajstić information content (AvgIpc) is 3.03. The second kappa shape index (κ2) is 9.16. The van der Waals surface area contributed by atoms with Crippen LogP contribution in [0.15, 0.2) is 36.4 Å². The minimum Gasteiger partial charge on any atom is -0.493 e. The third kappa shape index (κ3) is 4.38. The maximum atomic E-state index is 14.5. The molecular formula is C23H25FN4O3. The van der Waals surface area contributed by atoms with Crippen molar-refractivity contribution < 1.29 is 18.7 Å². The van der Waals surface area contributed by atoms with Crippen molar-refractivity contribution in [2.24, 2.45) is 0 Å². The molecule has 1 N–H and O–H groups in total. The number of aromatic nitrogens is 3. The van der Waals surface area contributed by atoms with E-state index >= 15 is 0 Å². The molecule has 0 saturated carbocycles. The third-order valence-electron chi connectivity index (χ3n) is 5.31. The Labute approximate surface area is 180 Å². The largest absolute Gasteiger partial charge is 0.493 e. The summed E-state index contributed by atoms with van der Waals surface area (Å²) in [6.45, 7) is 3.11. The van der Waals surface area contributed by atoms with E-state index in [0.717, 1.165) is 38.1 Å². The first-order valence-corrected chi connectivity index (χ1v) is 10.4. The topological polar surface area (TPSA) is 78.3 Å². The first-order valence-electron chi connectivity index (χ1n) is 10.4. The number of nitrogens with zero attached hydrogens (tertiary/aromatic N) is 3. The highest BCUT2D eigenvalue weighted by molar-refractivity contribution is 6.05. The van der Waals surface area contributed by atoms with Gasteiger partial charge in [0, 0.05) is 24.1 Å². The Bertz CT molecular complexity index is 1100. The van der Waals surface area contributed by atoms with Gasteiger partial charge in [-0.1, -0.05) is 6.42 Å². The van der Waals surface area contributed by atoms with Crippen LogP contribution in [-0.4, -0.2) is 34.4 Å². The molecule has 0 aliphatic carbocycles. The van der Waals surface area contributed by atoms with Gasteiger partial charge in [0.05, 0.1) is 19.4 Å². The van der Waals surface area contributed by atoms with Gasteiger partial charge in [0.1, 0.15) is 11.6 Å². The van der Waals surface area contributed by atoms with Crippen LogP contribution < -0.4 is 14.8 Å². The average molecular weight is 424 g/mol. The van der Waals surface area contributed by atoms with Crippen LogP contribution in [0.2, 0.25) is 0 Å². The standard InChI is InChI=1S/C23H25FN4O3/c1-3-31-20-14-16(9-11-19(20)30-2)23(29)25-18-13-15(8-10-17(18)24)22-27-26-21-7-5-4-6-12-28(21)22/h8-11,13-14H,3-7,12H2,1-2H3,(H,25,29). The number of ether oxygens (including phenoxy) is 2. The molecule has 0 saturated heterocycles. The molecule has 0 fully saturated rings. The summed E-state index contributed by atoms with van der Waals surface area (Å²) in [5, 5.41) is 11.3. The third-order valence-corrected chi connectivity index (χ3v) is 5.31. The molecule has 31 heavy (non-hydrogen) atoms. The molecule has 8 heteroatoms. The van der Waals surface area contributed by atoms with Crippen LogP contribution in [0.4, 0.5) is 10.1 Å². The molecule has 0 unspecified atom stereocenters. The predicted molar refractivity (Wildman–Crippen MR) is 115 cm³/mol. The molecule has 2 heterocycles. The van der Waals surface area contributed by atoms with Crippen molar-refractivity contribution in [1.29, 1.82) is 0 Å². The zero-order chi connectivity index (χ0) is 21.8. The Balaban J connectivity index is 1.61. The number of methoxy groups -OCH3 is 1. The second-order valence-corrected chi connectivity index (χ2v) is 7.35. The van der Waals surface area contributed by atoms with Crippen LogP contribution in [0.5, 0.6) is 11.5 Å². The molecule has 1 aliphatic heterocycles. The zero-order valence-electron chi connectivity index (χ0n) is 17.7. The second-order valence-electron chi connectivity index (χ2n) is 7.35. The van der Waals surface area contributed by atoms with E-state index < -0.39 is 11.7 Å². The summed E-state index contributed by atoms with van der Waals surface area (Å²) in [5.41, 5.74) is 1.13. The molecule has 3 aromatic rings. The molecule has 0 spiro atoms. The van der Waals surface area contributed by atoms with Crippen molar-refractivity contribution in [1.82, 2.24) is 14.8 Å². The number of amides is 1. The zero-order valence-corrected chi connectivity index (χ0v) is 17.7. The van der Waals surface area contributed by atoms with E-state index in [1.807, 2.05) is 6.92 Å². The fraction of sp³-hybridized carbons (Fsp3) is 0.348. The van der Waals surface area contributed by atoms with Crippen LogP contribution in [0, 0.1) is 5.82 Å². The number of fused-ring (bicyclic) bond motifs is 1. The van der Waals surface area contributed by atoms with Crippen LogP contribution in [0.25, 0.3) is 11.4 Å². The fourth-order valence-corrected chi connectivity index (χ4v) is 3.74. The number of hydrogen-bond donors (Lipinski definition) is 1. The number of anilines is 1. The Morgan fingerprint density at radius 1 is 1.13 bits per heavy atom. The minimum absolute atomic E-state index is 0.0854. The summed E-state index contributed by atoms with van der Waals surface area (Å²) < 4.78 is 27.4. The monoisotopic (exact) mass is 424 g/mol. The smallest absolute Gasteiger partial charge is 0.255 e. The number of halogens is 1. The van der Waals surface area contributed by atoms with Crippen LogP contribution in [-0.2, 0) is 13.0 Å². The number of aryl methyl sites for hydroxylation is 1. The van der Waals surface area contributed by atoms with Gasteiger partial charge in [0.25, 0.3) is 5.91 Å². The summed E-state index contributed by atoms with van der Waals surface area (Å²) in [5.74, 6) is 1.66. The lowest BCUT2D eigenvalue weighted by molar-refractivity contribution is 0.102. The van der Waals surface area contributed by atoms with E-state index in [0.29, 0.717) is 35.1 Å². The quantitative estimate of drug-likeness (QED) is 0.632. The van der Waals surface area contributed by atoms with Crippen LogP contribution >= 0.6 is 0 Å². The van der Waals surface area contributed by atoms with Gasteiger partial charge >= 0.3 is 0 Å². The maximum Gasteiger partial charge on any atom is 0.255 e. The van der Waals surface area contributed by atoms with Gasteiger partial charge in [-0.05, 0) is 56.2 Å². The van der Waals surface area contributed by atoms with Crippen molar-refractivity contribution >= 4 is 11.6 Å². The Kier molecular flexibility index (Phi) is 6.16. The van der Waals surface area contributed by atoms with Crippen molar-refractivity contribution in [2.45, 2.75) is 39.2 Å². The van der Waals surface area contributed by atoms with Crippen molar-refractivity contribution in [3.63, 3.8) is 0 Å². The number of carbonyl (C=O) groups is 1. The van der Waals surface area contributed by atoms with Gasteiger partial charge in [-0.15, -0.1) is 10.2 Å². The van der Waals surface area contributed by atoms with Crippen LogP contribution in [0.1, 0.15) is 42.4 Å².